The second-order valence-corrected chi connectivity index (χ2v) is 4.32. The van der Waals surface area contributed by atoms with Gasteiger partial charge < -0.3 is 19.0 Å². The second-order valence-electron chi connectivity index (χ2n) is 4.32. The minimum absolute atomic E-state index is 0.420. The van der Waals surface area contributed by atoms with Gasteiger partial charge in [0.1, 0.15) is 5.76 Å². The average molecular weight is 240 g/mol. The number of rotatable bonds is 6. The lowest BCUT2D eigenvalue weighted by molar-refractivity contribution is -0.151. The lowest BCUT2D eigenvalue weighted by Gasteiger charge is -2.21. The molecular formula is C12H16O5. The first kappa shape index (κ1) is 12.1. The molecule has 1 fully saturated rings. The highest BCUT2D eigenvalue weighted by Gasteiger charge is 2.57. The summed E-state index contributed by atoms with van der Waals surface area (Å²) >= 11 is 0. The van der Waals surface area contributed by atoms with E-state index < -0.39 is 17.5 Å². The first-order valence-electron chi connectivity index (χ1n) is 5.47. The Labute approximate surface area is 99.3 Å². The minimum atomic E-state index is -0.954. The summed E-state index contributed by atoms with van der Waals surface area (Å²) in [5, 5.41) is 9.17. The van der Waals surface area contributed by atoms with Crippen LogP contribution in [0.1, 0.15) is 24.2 Å². The van der Waals surface area contributed by atoms with Crippen LogP contribution in [0.25, 0.3) is 0 Å². The monoisotopic (exact) mass is 240 g/mol. The topological polar surface area (TPSA) is 68.9 Å². The number of hydrogen-bond acceptors (Lipinski definition) is 4. The maximum absolute atomic E-state index is 11.2. The molecule has 0 aromatic carbocycles. The van der Waals surface area contributed by atoms with Gasteiger partial charge >= 0.3 is 5.97 Å². The van der Waals surface area contributed by atoms with Crippen molar-refractivity contribution in [2.24, 2.45) is 0 Å². The summed E-state index contributed by atoms with van der Waals surface area (Å²) in [5.74, 6) is -0.265. The van der Waals surface area contributed by atoms with Gasteiger partial charge in [-0.3, -0.25) is 0 Å². The number of methoxy groups -OCH3 is 2. The molecule has 0 saturated heterocycles. The van der Waals surface area contributed by atoms with E-state index in [-0.39, 0.29) is 0 Å². The van der Waals surface area contributed by atoms with E-state index in [0.29, 0.717) is 12.4 Å². The van der Waals surface area contributed by atoms with Crippen molar-refractivity contribution in [1.29, 1.82) is 0 Å². The summed E-state index contributed by atoms with van der Waals surface area (Å²) in [6.45, 7) is 0.420. The number of aliphatic carboxylic acids is 1. The molecule has 0 amide bonds. The largest absolute Gasteiger partial charge is 0.479 e. The average Bonchev–Trinajstić information content (AvgIpc) is 2.92. The Morgan fingerprint density at radius 3 is 2.76 bits per heavy atom. The van der Waals surface area contributed by atoms with Gasteiger partial charge in [0.15, 0.2) is 6.10 Å². The summed E-state index contributed by atoms with van der Waals surface area (Å²) in [6.07, 6.45) is 2.24. The molecule has 1 atom stereocenters. The van der Waals surface area contributed by atoms with Crippen LogP contribution >= 0.6 is 0 Å². The van der Waals surface area contributed by atoms with Crippen LogP contribution < -0.4 is 0 Å². The third-order valence-corrected chi connectivity index (χ3v) is 3.25. The van der Waals surface area contributed by atoms with Crippen LogP contribution in [0.3, 0.4) is 0 Å². The molecule has 1 N–H and O–H groups in total. The number of hydrogen-bond donors (Lipinski definition) is 1. The molecular weight excluding hydrogens is 224 g/mol. The highest BCUT2D eigenvalue weighted by atomic mass is 16.5. The number of carboxylic acids is 1. The first-order chi connectivity index (χ1) is 8.15. The summed E-state index contributed by atoms with van der Waals surface area (Å²) in [5.41, 5.74) is 0.381. The van der Waals surface area contributed by atoms with Crippen molar-refractivity contribution in [3.05, 3.63) is 23.7 Å². The van der Waals surface area contributed by atoms with E-state index >= 15 is 0 Å². The molecule has 1 aliphatic carbocycles. The molecule has 17 heavy (non-hydrogen) atoms. The van der Waals surface area contributed by atoms with Crippen molar-refractivity contribution in [1.82, 2.24) is 0 Å². The third kappa shape index (κ3) is 1.96. The van der Waals surface area contributed by atoms with Crippen molar-refractivity contribution >= 4 is 5.97 Å². The lowest BCUT2D eigenvalue weighted by Crippen LogP contribution is -2.36. The van der Waals surface area contributed by atoms with E-state index in [1.165, 1.54) is 7.11 Å². The van der Waals surface area contributed by atoms with E-state index in [4.69, 9.17) is 13.9 Å². The predicted octanol–water partition coefficient (Wildman–Crippen LogP) is 1.56. The molecule has 1 saturated carbocycles. The fourth-order valence-electron chi connectivity index (χ4n) is 2.35. The van der Waals surface area contributed by atoms with Crippen LogP contribution in [0, 0.1) is 0 Å². The second kappa shape index (κ2) is 4.50. The van der Waals surface area contributed by atoms with Gasteiger partial charge in [0.05, 0.1) is 18.3 Å². The molecule has 5 heteroatoms. The molecule has 1 aromatic heterocycles. The van der Waals surface area contributed by atoms with Crippen LogP contribution in [-0.4, -0.2) is 31.4 Å². The lowest BCUT2D eigenvalue weighted by atomic mass is 9.93. The number of carbonyl (C=O) groups is 1. The highest BCUT2D eigenvalue weighted by Crippen LogP contribution is 2.53. The van der Waals surface area contributed by atoms with Crippen LogP contribution in [0.4, 0.5) is 0 Å². The summed E-state index contributed by atoms with van der Waals surface area (Å²) < 4.78 is 15.6. The zero-order valence-electron chi connectivity index (χ0n) is 9.93. The van der Waals surface area contributed by atoms with E-state index in [1.54, 1.807) is 13.4 Å². The molecule has 5 nitrogen and oxygen atoms in total. The minimum Gasteiger partial charge on any atom is -0.479 e. The molecule has 1 aromatic rings. The van der Waals surface area contributed by atoms with Gasteiger partial charge in [0.2, 0.25) is 0 Å². The van der Waals surface area contributed by atoms with Gasteiger partial charge in [-0.2, -0.15) is 0 Å². The van der Waals surface area contributed by atoms with E-state index in [1.807, 2.05) is 6.07 Å². The molecule has 0 spiro atoms. The molecule has 2 rings (SSSR count). The van der Waals surface area contributed by atoms with E-state index in [9.17, 15) is 9.90 Å². The molecule has 0 aliphatic heterocycles. The molecule has 1 heterocycles. The molecule has 0 radical (unpaired) electrons. The Balaban J connectivity index is 2.31. The fraction of sp³-hybridized carbons (Fsp3) is 0.583. The summed E-state index contributed by atoms with van der Waals surface area (Å²) in [7, 11) is 3.01. The third-order valence-electron chi connectivity index (χ3n) is 3.25. The normalized spacial score (nSPS) is 18.9. The Morgan fingerprint density at radius 1 is 1.59 bits per heavy atom. The Kier molecular flexibility index (Phi) is 3.22. The quantitative estimate of drug-likeness (QED) is 0.817. The SMILES string of the molecule is COCc1ccoc1C1(C(OC)C(=O)O)CC1. The van der Waals surface area contributed by atoms with Crippen molar-refractivity contribution < 1.29 is 23.8 Å². The van der Waals surface area contributed by atoms with E-state index in [2.05, 4.69) is 0 Å². The van der Waals surface area contributed by atoms with Gasteiger partial charge in [-0.15, -0.1) is 0 Å². The molecule has 94 valence electrons. The van der Waals surface area contributed by atoms with Gasteiger partial charge in [0.25, 0.3) is 0 Å². The van der Waals surface area contributed by atoms with Gasteiger partial charge in [-0.25, -0.2) is 4.79 Å². The smallest absolute Gasteiger partial charge is 0.333 e. The maximum atomic E-state index is 11.2. The Hall–Kier alpha value is -1.33. The Morgan fingerprint density at radius 2 is 2.29 bits per heavy atom. The fourth-order valence-corrected chi connectivity index (χ4v) is 2.35. The van der Waals surface area contributed by atoms with Gasteiger partial charge in [-0.05, 0) is 18.9 Å². The van der Waals surface area contributed by atoms with Crippen LogP contribution in [0.15, 0.2) is 16.7 Å². The standard InChI is InChI=1S/C12H16O5/c1-15-7-8-3-6-17-9(8)12(4-5-12)10(16-2)11(13)14/h3,6,10H,4-5,7H2,1-2H3,(H,13,14). The molecule has 1 unspecified atom stereocenters. The number of carboxylic acid groups (broad SMARTS) is 1. The number of ether oxygens (including phenoxy) is 2. The Bertz CT molecular complexity index is 405. The highest BCUT2D eigenvalue weighted by molar-refractivity contribution is 5.76. The molecule has 1 aliphatic rings. The predicted molar refractivity (Wildman–Crippen MR) is 58.8 cm³/mol. The van der Waals surface area contributed by atoms with Crippen molar-refractivity contribution in [3.8, 4) is 0 Å². The maximum Gasteiger partial charge on any atom is 0.333 e. The van der Waals surface area contributed by atoms with Crippen molar-refractivity contribution in [2.45, 2.75) is 31.0 Å². The van der Waals surface area contributed by atoms with Crippen molar-refractivity contribution in [3.63, 3.8) is 0 Å². The summed E-state index contributed by atoms with van der Waals surface area (Å²) in [4.78, 5) is 11.2. The van der Waals surface area contributed by atoms with E-state index in [0.717, 1.165) is 18.4 Å². The molecule has 0 bridgehead atoms. The number of furan rings is 1. The zero-order valence-corrected chi connectivity index (χ0v) is 9.93. The zero-order chi connectivity index (χ0) is 12.5. The van der Waals surface area contributed by atoms with Crippen molar-refractivity contribution in [2.75, 3.05) is 14.2 Å². The van der Waals surface area contributed by atoms with Crippen LogP contribution in [-0.2, 0) is 26.3 Å². The van der Waals surface area contributed by atoms with Gasteiger partial charge in [0, 0.05) is 19.8 Å². The van der Waals surface area contributed by atoms with Crippen LogP contribution in [0.5, 0.6) is 0 Å². The first-order valence-corrected chi connectivity index (χ1v) is 5.47. The van der Waals surface area contributed by atoms with Gasteiger partial charge in [-0.1, -0.05) is 0 Å². The van der Waals surface area contributed by atoms with Crippen LogP contribution in [0.2, 0.25) is 0 Å². The summed E-state index contributed by atoms with van der Waals surface area (Å²) in [6, 6.07) is 1.81.